The van der Waals surface area contributed by atoms with E-state index in [4.69, 9.17) is 20.3 Å². The molecule has 0 saturated carbocycles. The van der Waals surface area contributed by atoms with Gasteiger partial charge >= 0.3 is 6.03 Å². The molecule has 4 N–H and O–H groups in total. The molecule has 0 aliphatic rings. The maximum Gasteiger partial charge on any atom is 0.338 e. The maximum absolute atomic E-state index is 13.0. The molecule has 0 spiro atoms. The van der Waals surface area contributed by atoms with Gasteiger partial charge < -0.3 is 25.0 Å². The van der Waals surface area contributed by atoms with E-state index in [1.807, 2.05) is 39.0 Å². The van der Waals surface area contributed by atoms with Crippen molar-refractivity contribution in [3.05, 3.63) is 30.5 Å². The van der Waals surface area contributed by atoms with Gasteiger partial charge in [0.1, 0.15) is 11.5 Å². The second kappa shape index (κ2) is 13.4. The second-order valence-electron chi connectivity index (χ2n) is 10.3. The van der Waals surface area contributed by atoms with Crippen molar-refractivity contribution < 1.29 is 14.3 Å². The van der Waals surface area contributed by atoms with Crippen molar-refractivity contribution in [1.29, 1.82) is 0 Å². The standard InChI is InChI=1S/C28H42N8O3/c1-8-35(9-2)13-11-10-12-30-26-31-18-20-16-23(19-14-21(38-6)17-22(15-19)39-7)25(32-24(20)33-26)36(29)27(37)34-28(3,4)5/h14-18H,8-13,29H2,1-7H3,(H,34,37)(H,30,31,32,33). The van der Waals surface area contributed by atoms with E-state index in [9.17, 15) is 4.79 Å². The minimum Gasteiger partial charge on any atom is -0.497 e. The number of hydrogen-bond donors (Lipinski definition) is 3. The molecule has 3 rings (SSSR count). The molecule has 3 aromatic rings. The van der Waals surface area contributed by atoms with Crippen molar-refractivity contribution in [2.24, 2.45) is 5.84 Å². The Hall–Kier alpha value is -3.70. The van der Waals surface area contributed by atoms with Crippen LogP contribution in [0.25, 0.3) is 22.2 Å². The third-order valence-corrected chi connectivity index (χ3v) is 6.22. The molecule has 2 aromatic heterocycles. The number of nitrogens with two attached hydrogens (primary N) is 1. The van der Waals surface area contributed by atoms with E-state index in [1.165, 1.54) is 0 Å². The smallest absolute Gasteiger partial charge is 0.338 e. The third-order valence-electron chi connectivity index (χ3n) is 6.22. The van der Waals surface area contributed by atoms with Gasteiger partial charge in [-0.15, -0.1) is 0 Å². The molecule has 0 atom stereocenters. The molecule has 2 heterocycles. The molecule has 0 bridgehead atoms. The van der Waals surface area contributed by atoms with Crippen LogP contribution in [0.1, 0.15) is 47.5 Å². The Balaban J connectivity index is 1.96. The van der Waals surface area contributed by atoms with Crippen molar-refractivity contribution in [2.45, 2.75) is 53.0 Å². The lowest BCUT2D eigenvalue weighted by Gasteiger charge is -2.26. The molecule has 0 saturated heterocycles. The molecular formula is C28H42N8O3. The normalized spacial score (nSPS) is 11.5. The number of anilines is 2. The van der Waals surface area contributed by atoms with Gasteiger partial charge in [0.2, 0.25) is 5.95 Å². The lowest BCUT2D eigenvalue weighted by atomic mass is 10.0. The molecule has 0 radical (unpaired) electrons. The molecule has 2 amide bonds. The van der Waals surface area contributed by atoms with Gasteiger partial charge in [-0.25, -0.2) is 25.6 Å². The van der Waals surface area contributed by atoms with Crippen molar-refractivity contribution in [3.63, 3.8) is 0 Å². The van der Waals surface area contributed by atoms with Crippen LogP contribution in [0.5, 0.6) is 11.5 Å². The highest BCUT2D eigenvalue weighted by Gasteiger charge is 2.24. The summed E-state index contributed by atoms with van der Waals surface area (Å²) in [6.07, 6.45) is 3.80. The van der Waals surface area contributed by atoms with Crippen LogP contribution in [0.2, 0.25) is 0 Å². The van der Waals surface area contributed by atoms with Crippen molar-refractivity contribution in [2.75, 3.05) is 50.7 Å². The number of rotatable bonds is 12. The fourth-order valence-electron chi connectivity index (χ4n) is 4.08. The van der Waals surface area contributed by atoms with E-state index >= 15 is 0 Å². The fourth-order valence-corrected chi connectivity index (χ4v) is 4.08. The number of methoxy groups -OCH3 is 2. The Labute approximate surface area is 231 Å². The zero-order chi connectivity index (χ0) is 28.6. The second-order valence-corrected chi connectivity index (χ2v) is 10.3. The summed E-state index contributed by atoms with van der Waals surface area (Å²) >= 11 is 0. The van der Waals surface area contributed by atoms with Gasteiger partial charge in [-0.3, -0.25) is 0 Å². The number of carbonyl (C=O) groups is 1. The fraction of sp³-hybridized carbons (Fsp3) is 0.500. The Bertz CT molecular complexity index is 1240. The summed E-state index contributed by atoms with van der Waals surface area (Å²) in [5.41, 5.74) is 1.25. The SMILES string of the molecule is CCN(CC)CCCCNc1ncc2cc(-c3cc(OC)cc(OC)c3)c(N(N)C(=O)NC(C)(C)C)nc2n1. The first-order valence-corrected chi connectivity index (χ1v) is 13.3. The Morgan fingerprint density at radius 2 is 1.67 bits per heavy atom. The number of nitrogens with one attached hydrogen (secondary N) is 2. The number of carbonyl (C=O) groups excluding carboxylic acids is 1. The number of amides is 2. The number of ether oxygens (including phenoxy) is 2. The number of aromatic nitrogens is 3. The Kier molecular flexibility index (Phi) is 10.2. The topological polar surface area (TPSA) is 131 Å². The molecule has 11 heteroatoms. The average Bonchev–Trinajstić information content (AvgIpc) is 2.92. The number of hydrogen-bond acceptors (Lipinski definition) is 9. The molecule has 0 aliphatic carbocycles. The van der Waals surface area contributed by atoms with Gasteiger partial charge in [-0.05, 0) is 77.0 Å². The Morgan fingerprint density at radius 3 is 2.26 bits per heavy atom. The molecule has 0 aliphatic heterocycles. The van der Waals surface area contributed by atoms with Crippen LogP contribution < -0.4 is 31.0 Å². The Morgan fingerprint density at radius 1 is 1.00 bits per heavy atom. The molecule has 0 unspecified atom stereocenters. The highest BCUT2D eigenvalue weighted by Crippen LogP contribution is 2.36. The minimum absolute atomic E-state index is 0.239. The van der Waals surface area contributed by atoms with E-state index in [0.29, 0.717) is 39.6 Å². The van der Waals surface area contributed by atoms with Gasteiger partial charge in [0.05, 0.1) is 14.2 Å². The van der Waals surface area contributed by atoms with E-state index < -0.39 is 11.6 Å². The van der Waals surface area contributed by atoms with Gasteiger partial charge in [-0.1, -0.05) is 13.8 Å². The highest BCUT2D eigenvalue weighted by molar-refractivity contribution is 5.97. The molecule has 1 aromatic carbocycles. The zero-order valence-corrected chi connectivity index (χ0v) is 24.2. The molecule has 11 nitrogen and oxygen atoms in total. The molecular weight excluding hydrogens is 496 g/mol. The predicted molar refractivity (Wildman–Crippen MR) is 156 cm³/mol. The number of hydrazine groups is 1. The summed E-state index contributed by atoms with van der Waals surface area (Å²) in [5, 5.41) is 7.88. The van der Waals surface area contributed by atoms with Crippen molar-refractivity contribution >= 4 is 28.8 Å². The number of unbranched alkanes of at least 4 members (excludes halogenated alkanes) is 1. The number of nitrogens with zero attached hydrogens (tertiary/aromatic N) is 5. The zero-order valence-electron chi connectivity index (χ0n) is 24.2. The number of benzene rings is 1. The minimum atomic E-state index is -0.494. The summed E-state index contributed by atoms with van der Waals surface area (Å²) in [4.78, 5) is 29.3. The number of pyridine rings is 1. The van der Waals surface area contributed by atoms with Crippen LogP contribution in [0.15, 0.2) is 30.5 Å². The first-order chi connectivity index (χ1) is 18.6. The average molecular weight is 539 g/mol. The lowest BCUT2D eigenvalue weighted by Crippen LogP contribution is -2.52. The monoisotopic (exact) mass is 538 g/mol. The van der Waals surface area contributed by atoms with Gasteiger partial charge in [0.25, 0.3) is 0 Å². The third kappa shape index (κ3) is 8.14. The van der Waals surface area contributed by atoms with Crippen molar-refractivity contribution in [1.82, 2.24) is 25.2 Å². The van der Waals surface area contributed by atoms with Crippen LogP contribution in [0.4, 0.5) is 16.6 Å². The van der Waals surface area contributed by atoms with Crippen molar-refractivity contribution in [3.8, 4) is 22.6 Å². The van der Waals surface area contributed by atoms with Crippen LogP contribution in [0, 0.1) is 0 Å². The van der Waals surface area contributed by atoms with E-state index in [0.717, 1.165) is 44.0 Å². The molecule has 0 fully saturated rings. The summed E-state index contributed by atoms with van der Waals surface area (Å²) in [6.45, 7) is 13.9. The van der Waals surface area contributed by atoms with E-state index in [2.05, 4.69) is 39.3 Å². The summed E-state index contributed by atoms with van der Waals surface area (Å²) in [7, 11) is 3.16. The number of fused-ring (bicyclic) bond motifs is 1. The largest absolute Gasteiger partial charge is 0.497 e. The highest BCUT2D eigenvalue weighted by atomic mass is 16.5. The van der Waals surface area contributed by atoms with Gasteiger partial charge in [0, 0.05) is 35.3 Å². The summed E-state index contributed by atoms with van der Waals surface area (Å²) < 4.78 is 10.9. The van der Waals surface area contributed by atoms with E-state index in [1.54, 1.807) is 26.5 Å². The quantitative estimate of drug-likeness (QED) is 0.133. The van der Waals surface area contributed by atoms with Crippen LogP contribution >= 0.6 is 0 Å². The lowest BCUT2D eigenvalue weighted by molar-refractivity contribution is 0.237. The summed E-state index contributed by atoms with van der Waals surface area (Å²) in [5.74, 6) is 8.25. The van der Waals surface area contributed by atoms with Gasteiger partial charge in [-0.2, -0.15) is 4.98 Å². The van der Waals surface area contributed by atoms with E-state index in [-0.39, 0.29) is 5.82 Å². The first kappa shape index (κ1) is 29.9. The molecule has 212 valence electrons. The van der Waals surface area contributed by atoms with Crippen LogP contribution in [-0.4, -0.2) is 71.8 Å². The first-order valence-electron chi connectivity index (χ1n) is 13.3. The van der Waals surface area contributed by atoms with Gasteiger partial charge in [0.15, 0.2) is 11.5 Å². The molecule has 39 heavy (non-hydrogen) atoms. The summed E-state index contributed by atoms with van der Waals surface area (Å²) in [6, 6.07) is 6.81. The maximum atomic E-state index is 13.0. The number of urea groups is 1. The predicted octanol–water partition coefficient (Wildman–Crippen LogP) is 4.43. The van der Waals surface area contributed by atoms with Crippen LogP contribution in [-0.2, 0) is 0 Å². The van der Waals surface area contributed by atoms with Crippen LogP contribution in [0.3, 0.4) is 0 Å².